The maximum atomic E-state index is 10.8. The van der Waals surface area contributed by atoms with Crippen LogP contribution in [0.4, 0.5) is 0 Å². The van der Waals surface area contributed by atoms with Gasteiger partial charge in [-0.2, -0.15) is 5.26 Å². The Kier molecular flexibility index (Phi) is 4.97. The van der Waals surface area contributed by atoms with Crippen molar-refractivity contribution in [3.05, 3.63) is 59.8 Å². The summed E-state index contributed by atoms with van der Waals surface area (Å²) in [5.41, 5.74) is 1.18. The number of thioether (sulfide) groups is 1. The quantitative estimate of drug-likeness (QED) is 0.857. The normalized spacial score (nSPS) is 21.2. The molecule has 1 aromatic carbocycles. The third-order valence-electron chi connectivity index (χ3n) is 4.01. The van der Waals surface area contributed by atoms with Crippen LogP contribution in [0.25, 0.3) is 0 Å². The largest absolute Gasteiger partial charge is 0.388 e. The monoisotopic (exact) mass is 325 g/mol. The van der Waals surface area contributed by atoms with Gasteiger partial charge < -0.3 is 5.11 Å². The van der Waals surface area contributed by atoms with Crippen LogP contribution in [-0.4, -0.2) is 39.4 Å². The second-order valence-corrected chi connectivity index (χ2v) is 6.95. The summed E-state index contributed by atoms with van der Waals surface area (Å²) in [6.45, 7) is 2.44. The molecule has 0 bridgehead atoms. The third kappa shape index (κ3) is 4.32. The number of hydrogen-bond acceptors (Lipinski definition) is 5. The molecule has 2 heterocycles. The van der Waals surface area contributed by atoms with Crippen LogP contribution in [-0.2, 0) is 6.54 Å². The van der Waals surface area contributed by atoms with Crippen LogP contribution in [0.3, 0.4) is 0 Å². The molecule has 5 heteroatoms. The molecule has 118 valence electrons. The molecule has 0 aliphatic carbocycles. The van der Waals surface area contributed by atoms with E-state index < -0.39 is 5.60 Å². The fraction of sp³-hybridized carbons (Fsp3) is 0.333. The Morgan fingerprint density at radius 1 is 1.30 bits per heavy atom. The van der Waals surface area contributed by atoms with E-state index in [1.165, 1.54) is 17.3 Å². The zero-order valence-corrected chi connectivity index (χ0v) is 13.7. The zero-order valence-electron chi connectivity index (χ0n) is 12.9. The third-order valence-corrected chi connectivity index (χ3v) is 5.21. The van der Waals surface area contributed by atoms with E-state index in [1.807, 2.05) is 18.2 Å². The Bertz CT molecular complexity index is 701. The van der Waals surface area contributed by atoms with Crippen molar-refractivity contribution in [2.45, 2.75) is 23.6 Å². The molecule has 1 unspecified atom stereocenters. The summed E-state index contributed by atoms with van der Waals surface area (Å²) in [5.74, 6) is 0.597. The van der Waals surface area contributed by atoms with Crippen LogP contribution in [0.1, 0.15) is 17.5 Å². The zero-order chi connectivity index (χ0) is 16.1. The maximum absolute atomic E-state index is 10.8. The number of β-amino-alcohol motifs (C(OH)–C–C–N with tert-alkyl or cyclic N) is 1. The standard InChI is InChI=1S/C18H19N3OS/c19-11-16-6-8-20-17(10-16)23-14-18(22)7-9-21(13-18)12-15-4-2-1-3-5-15/h1-6,8,10,22H,7,9,12-14H2. The topological polar surface area (TPSA) is 60.1 Å². The molecule has 0 saturated carbocycles. The minimum Gasteiger partial charge on any atom is -0.388 e. The fourth-order valence-electron chi connectivity index (χ4n) is 2.80. The number of nitrogens with zero attached hydrogens (tertiary/aromatic N) is 3. The molecule has 1 saturated heterocycles. The number of aliphatic hydroxyl groups is 1. The van der Waals surface area contributed by atoms with E-state index >= 15 is 0 Å². The van der Waals surface area contributed by atoms with E-state index in [1.54, 1.807) is 18.3 Å². The van der Waals surface area contributed by atoms with Gasteiger partial charge in [-0.25, -0.2) is 4.98 Å². The lowest BCUT2D eigenvalue weighted by Gasteiger charge is -2.23. The molecule has 0 radical (unpaired) electrons. The molecule has 4 nitrogen and oxygen atoms in total. The molecule has 1 atom stereocenters. The molecular weight excluding hydrogens is 306 g/mol. The van der Waals surface area contributed by atoms with Gasteiger partial charge in [0.25, 0.3) is 0 Å². The Labute approximate surface area is 140 Å². The number of rotatable bonds is 5. The van der Waals surface area contributed by atoms with Gasteiger partial charge >= 0.3 is 0 Å². The molecular formula is C18H19N3OS. The highest BCUT2D eigenvalue weighted by Gasteiger charge is 2.36. The van der Waals surface area contributed by atoms with Crippen molar-refractivity contribution in [3.63, 3.8) is 0 Å². The van der Waals surface area contributed by atoms with Crippen LogP contribution in [0.2, 0.25) is 0 Å². The van der Waals surface area contributed by atoms with Gasteiger partial charge in [0.2, 0.25) is 0 Å². The van der Waals surface area contributed by atoms with Gasteiger partial charge in [0.1, 0.15) is 0 Å². The minimum atomic E-state index is -0.691. The van der Waals surface area contributed by atoms with Crippen molar-refractivity contribution in [2.24, 2.45) is 0 Å². The summed E-state index contributed by atoms with van der Waals surface area (Å²) in [7, 11) is 0. The first-order chi connectivity index (χ1) is 11.2. The molecule has 0 spiro atoms. The average Bonchev–Trinajstić information content (AvgIpc) is 2.95. The lowest BCUT2D eigenvalue weighted by molar-refractivity contribution is 0.0727. The summed E-state index contributed by atoms with van der Waals surface area (Å²) in [5, 5.41) is 20.5. The molecule has 2 aromatic rings. The lowest BCUT2D eigenvalue weighted by Crippen LogP contribution is -2.35. The molecule has 3 rings (SSSR count). The number of pyridine rings is 1. The summed E-state index contributed by atoms with van der Waals surface area (Å²) in [4.78, 5) is 6.54. The van der Waals surface area contributed by atoms with E-state index in [0.29, 0.717) is 17.9 Å². The molecule has 0 amide bonds. The lowest BCUT2D eigenvalue weighted by atomic mass is 10.1. The van der Waals surface area contributed by atoms with Crippen LogP contribution >= 0.6 is 11.8 Å². The van der Waals surface area contributed by atoms with E-state index in [9.17, 15) is 5.11 Å². The van der Waals surface area contributed by atoms with Crippen molar-refractivity contribution in [2.75, 3.05) is 18.8 Å². The molecule has 1 aromatic heterocycles. The van der Waals surface area contributed by atoms with Crippen molar-refractivity contribution >= 4 is 11.8 Å². The van der Waals surface area contributed by atoms with Crippen molar-refractivity contribution in [1.29, 1.82) is 5.26 Å². The number of benzene rings is 1. The average molecular weight is 325 g/mol. The predicted molar refractivity (Wildman–Crippen MR) is 91.0 cm³/mol. The van der Waals surface area contributed by atoms with Crippen LogP contribution in [0.5, 0.6) is 0 Å². The van der Waals surface area contributed by atoms with E-state index in [-0.39, 0.29) is 0 Å². The fourth-order valence-corrected chi connectivity index (χ4v) is 3.80. The van der Waals surface area contributed by atoms with Crippen molar-refractivity contribution < 1.29 is 5.11 Å². The van der Waals surface area contributed by atoms with Gasteiger partial charge in [-0.15, -0.1) is 11.8 Å². The number of nitriles is 1. The highest BCUT2D eigenvalue weighted by Crippen LogP contribution is 2.29. The van der Waals surface area contributed by atoms with Gasteiger partial charge in [0.15, 0.2) is 0 Å². The summed E-state index contributed by atoms with van der Waals surface area (Å²) >= 11 is 1.52. The van der Waals surface area contributed by atoms with Gasteiger partial charge in [-0.05, 0) is 24.1 Å². The van der Waals surface area contributed by atoms with Crippen molar-refractivity contribution in [3.8, 4) is 6.07 Å². The Morgan fingerprint density at radius 3 is 2.91 bits per heavy atom. The van der Waals surface area contributed by atoms with Gasteiger partial charge in [0, 0.05) is 31.6 Å². The molecule has 1 aliphatic rings. The summed E-state index contributed by atoms with van der Waals surface area (Å²) in [6.07, 6.45) is 2.41. The summed E-state index contributed by atoms with van der Waals surface area (Å²) < 4.78 is 0. The smallest absolute Gasteiger partial charge is 0.0993 e. The first-order valence-electron chi connectivity index (χ1n) is 7.64. The second-order valence-electron chi connectivity index (χ2n) is 5.95. The highest BCUT2D eigenvalue weighted by atomic mass is 32.2. The van der Waals surface area contributed by atoms with Crippen molar-refractivity contribution in [1.82, 2.24) is 9.88 Å². The Hall–Kier alpha value is -1.87. The first kappa shape index (κ1) is 16.0. The maximum Gasteiger partial charge on any atom is 0.0993 e. The summed E-state index contributed by atoms with van der Waals surface area (Å²) in [6, 6.07) is 15.9. The number of aromatic nitrogens is 1. The predicted octanol–water partition coefficient (Wildman–Crippen LogP) is 2.68. The molecule has 1 N–H and O–H groups in total. The van der Waals surface area contributed by atoms with Crippen LogP contribution in [0, 0.1) is 11.3 Å². The van der Waals surface area contributed by atoms with E-state index in [4.69, 9.17) is 5.26 Å². The Morgan fingerprint density at radius 2 is 2.13 bits per heavy atom. The highest BCUT2D eigenvalue weighted by molar-refractivity contribution is 7.99. The first-order valence-corrected chi connectivity index (χ1v) is 8.63. The minimum absolute atomic E-state index is 0.597. The van der Waals surface area contributed by atoms with E-state index in [2.05, 4.69) is 28.1 Å². The SMILES string of the molecule is N#Cc1ccnc(SCC2(O)CCN(Cc3ccccc3)C2)c1. The Balaban J connectivity index is 1.55. The van der Waals surface area contributed by atoms with Crippen LogP contribution in [0.15, 0.2) is 53.7 Å². The van der Waals surface area contributed by atoms with Gasteiger partial charge in [0.05, 0.1) is 22.3 Å². The van der Waals surface area contributed by atoms with Gasteiger partial charge in [-0.3, -0.25) is 4.90 Å². The van der Waals surface area contributed by atoms with Crippen LogP contribution < -0.4 is 0 Å². The molecule has 1 fully saturated rings. The second kappa shape index (κ2) is 7.14. The number of hydrogen-bond donors (Lipinski definition) is 1. The molecule has 23 heavy (non-hydrogen) atoms. The molecule has 1 aliphatic heterocycles. The van der Waals surface area contributed by atoms with Gasteiger partial charge in [-0.1, -0.05) is 30.3 Å². The van der Waals surface area contributed by atoms with E-state index in [0.717, 1.165) is 24.5 Å². The number of likely N-dealkylation sites (tertiary alicyclic amines) is 1.